The number of thioether (sulfide) groups is 1. The minimum absolute atomic E-state index is 0.0866. The molecule has 0 aliphatic heterocycles. The number of primary amides is 1. The zero-order valence-electron chi connectivity index (χ0n) is 9.60. The van der Waals surface area contributed by atoms with Gasteiger partial charge in [0.05, 0.1) is 12.3 Å². The van der Waals surface area contributed by atoms with E-state index in [4.69, 9.17) is 15.9 Å². The van der Waals surface area contributed by atoms with Crippen LogP contribution in [-0.2, 0) is 9.59 Å². The molecule has 1 amide bonds. The van der Waals surface area contributed by atoms with Crippen molar-refractivity contribution in [3.63, 3.8) is 0 Å². The maximum absolute atomic E-state index is 11.2. The highest BCUT2D eigenvalue weighted by molar-refractivity contribution is 8.00. The molecule has 0 saturated heterocycles. The Morgan fingerprint density at radius 3 is 2.38 bits per heavy atom. The van der Waals surface area contributed by atoms with Crippen molar-refractivity contribution in [2.75, 3.05) is 12.4 Å². The fraction of sp³-hybridized carbons (Fsp3) is 0.800. The van der Waals surface area contributed by atoms with E-state index in [1.54, 1.807) is 13.8 Å². The van der Waals surface area contributed by atoms with E-state index < -0.39 is 22.5 Å². The first-order valence-corrected chi connectivity index (χ1v) is 6.05. The molecule has 0 spiro atoms. The number of amides is 1. The molecule has 0 bridgehead atoms. The van der Waals surface area contributed by atoms with Gasteiger partial charge >= 0.3 is 5.97 Å². The predicted molar refractivity (Wildman–Crippen MR) is 63.2 cm³/mol. The number of aliphatic hydroxyl groups is 1. The summed E-state index contributed by atoms with van der Waals surface area (Å²) in [5.41, 5.74) is 5.21. The van der Waals surface area contributed by atoms with Gasteiger partial charge in [-0.3, -0.25) is 9.59 Å². The Labute approximate surface area is 99.4 Å². The van der Waals surface area contributed by atoms with Gasteiger partial charge < -0.3 is 15.9 Å². The van der Waals surface area contributed by atoms with Gasteiger partial charge in [0.15, 0.2) is 0 Å². The van der Waals surface area contributed by atoms with Crippen molar-refractivity contribution in [1.29, 1.82) is 0 Å². The first-order valence-electron chi connectivity index (χ1n) is 5.07. The second kappa shape index (κ2) is 6.75. The van der Waals surface area contributed by atoms with Gasteiger partial charge in [0.2, 0.25) is 5.91 Å². The second-order valence-electron chi connectivity index (χ2n) is 4.08. The molecule has 1 unspecified atom stereocenters. The summed E-state index contributed by atoms with van der Waals surface area (Å²) in [6.07, 6.45) is 0.362. The van der Waals surface area contributed by atoms with E-state index in [-0.39, 0.29) is 13.0 Å². The summed E-state index contributed by atoms with van der Waals surface area (Å²) in [7, 11) is 0. The average Bonchev–Trinajstić information content (AvgIpc) is 2.13. The smallest absolute Gasteiger partial charge is 0.304 e. The highest BCUT2D eigenvalue weighted by Crippen LogP contribution is 2.34. The van der Waals surface area contributed by atoms with Crippen LogP contribution in [0.15, 0.2) is 0 Å². The Hall–Kier alpha value is -0.750. The Bertz CT molecular complexity index is 255. The lowest BCUT2D eigenvalue weighted by atomic mass is 9.91. The summed E-state index contributed by atoms with van der Waals surface area (Å²) in [6, 6.07) is 0. The molecule has 0 aromatic carbocycles. The molecule has 0 aromatic rings. The van der Waals surface area contributed by atoms with Crippen LogP contribution < -0.4 is 5.73 Å². The number of aliphatic hydroxyl groups excluding tert-OH is 1. The van der Waals surface area contributed by atoms with Crippen molar-refractivity contribution in [2.24, 2.45) is 11.7 Å². The number of carbonyl (C=O) groups excluding carboxylic acids is 1. The highest BCUT2D eigenvalue weighted by Gasteiger charge is 2.35. The molecule has 0 fully saturated rings. The zero-order valence-corrected chi connectivity index (χ0v) is 10.4. The first-order chi connectivity index (χ1) is 7.31. The van der Waals surface area contributed by atoms with Crippen molar-refractivity contribution in [2.45, 2.75) is 31.4 Å². The molecular weight excluding hydrogens is 230 g/mol. The van der Waals surface area contributed by atoms with Gasteiger partial charge in [-0.25, -0.2) is 0 Å². The van der Waals surface area contributed by atoms with Crippen LogP contribution in [0.25, 0.3) is 0 Å². The van der Waals surface area contributed by atoms with Crippen molar-refractivity contribution < 1.29 is 19.8 Å². The molecule has 5 nitrogen and oxygen atoms in total. The van der Waals surface area contributed by atoms with Crippen molar-refractivity contribution >= 4 is 23.6 Å². The van der Waals surface area contributed by atoms with E-state index in [0.29, 0.717) is 12.2 Å². The Morgan fingerprint density at radius 2 is 2.00 bits per heavy atom. The minimum Gasteiger partial charge on any atom is -0.481 e. The Morgan fingerprint density at radius 1 is 1.44 bits per heavy atom. The standard InChI is InChI=1S/C10H19NO4S/c1-10(2,16-5-3-4-12)7(9(11)15)6-8(13)14/h7,12H,3-6H2,1-2H3,(H2,11,15)(H,13,14). The average molecular weight is 249 g/mol. The van der Waals surface area contributed by atoms with Crippen LogP contribution in [0.2, 0.25) is 0 Å². The summed E-state index contributed by atoms with van der Waals surface area (Å²) in [6.45, 7) is 3.68. The highest BCUT2D eigenvalue weighted by atomic mass is 32.2. The van der Waals surface area contributed by atoms with Gasteiger partial charge in [-0.1, -0.05) is 0 Å². The third-order valence-electron chi connectivity index (χ3n) is 2.34. The van der Waals surface area contributed by atoms with Gasteiger partial charge in [0.25, 0.3) is 0 Å². The lowest BCUT2D eigenvalue weighted by molar-refractivity contribution is -0.141. The molecule has 16 heavy (non-hydrogen) atoms. The summed E-state index contributed by atoms with van der Waals surface area (Å²) in [5.74, 6) is -1.65. The number of carboxylic acid groups (broad SMARTS) is 1. The van der Waals surface area contributed by atoms with Crippen LogP contribution in [-0.4, -0.2) is 39.2 Å². The largest absolute Gasteiger partial charge is 0.481 e. The van der Waals surface area contributed by atoms with Crippen LogP contribution in [0.1, 0.15) is 26.7 Å². The van der Waals surface area contributed by atoms with E-state index in [1.807, 2.05) is 0 Å². The van der Waals surface area contributed by atoms with E-state index in [2.05, 4.69) is 0 Å². The van der Waals surface area contributed by atoms with Crippen molar-refractivity contribution in [3.8, 4) is 0 Å². The van der Waals surface area contributed by atoms with E-state index in [9.17, 15) is 9.59 Å². The first kappa shape index (κ1) is 15.2. The number of carbonyl (C=O) groups is 2. The third kappa shape index (κ3) is 5.37. The van der Waals surface area contributed by atoms with Crippen LogP contribution in [0, 0.1) is 5.92 Å². The van der Waals surface area contributed by atoms with E-state index in [1.165, 1.54) is 11.8 Å². The molecule has 0 aromatic heterocycles. The molecule has 94 valence electrons. The maximum atomic E-state index is 11.2. The fourth-order valence-corrected chi connectivity index (χ4v) is 2.56. The molecule has 0 radical (unpaired) electrons. The molecular formula is C10H19NO4S. The summed E-state index contributed by atoms with van der Waals surface area (Å²) < 4.78 is -0.528. The van der Waals surface area contributed by atoms with E-state index in [0.717, 1.165) is 0 Å². The fourth-order valence-electron chi connectivity index (χ4n) is 1.36. The lowest BCUT2D eigenvalue weighted by Gasteiger charge is -2.30. The van der Waals surface area contributed by atoms with Crippen LogP contribution in [0.3, 0.4) is 0 Å². The molecule has 0 aliphatic carbocycles. The number of hydrogen-bond acceptors (Lipinski definition) is 4. The quantitative estimate of drug-likeness (QED) is 0.542. The summed E-state index contributed by atoms with van der Waals surface area (Å²) >= 11 is 1.46. The predicted octanol–water partition coefficient (Wildman–Crippen LogP) is 0.457. The normalized spacial score (nSPS) is 13.4. The van der Waals surface area contributed by atoms with Gasteiger partial charge in [0, 0.05) is 11.4 Å². The maximum Gasteiger partial charge on any atom is 0.304 e. The second-order valence-corrected chi connectivity index (χ2v) is 5.83. The molecule has 1 atom stereocenters. The monoisotopic (exact) mass is 249 g/mol. The number of carboxylic acids is 1. The van der Waals surface area contributed by atoms with Crippen molar-refractivity contribution in [1.82, 2.24) is 0 Å². The number of hydrogen-bond donors (Lipinski definition) is 3. The summed E-state index contributed by atoms with van der Waals surface area (Å²) in [4.78, 5) is 21.8. The van der Waals surface area contributed by atoms with Gasteiger partial charge in [-0.2, -0.15) is 11.8 Å². The molecule has 0 aliphatic rings. The number of rotatable bonds is 8. The lowest BCUT2D eigenvalue weighted by Crippen LogP contribution is -2.40. The topological polar surface area (TPSA) is 101 Å². The number of aliphatic carboxylic acids is 1. The zero-order chi connectivity index (χ0) is 12.8. The SMILES string of the molecule is CC(C)(SCCCO)C(CC(=O)O)C(N)=O. The van der Waals surface area contributed by atoms with Crippen molar-refractivity contribution in [3.05, 3.63) is 0 Å². The Balaban J connectivity index is 4.49. The Kier molecular flexibility index (Phi) is 6.43. The molecule has 0 rings (SSSR count). The van der Waals surface area contributed by atoms with Crippen LogP contribution in [0.5, 0.6) is 0 Å². The molecule has 6 heteroatoms. The molecule has 0 saturated carbocycles. The summed E-state index contributed by atoms with van der Waals surface area (Å²) in [5, 5.41) is 17.4. The third-order valence-corrected chi connectivity index (χ3v) is 3.86. The van der Waals surface area contributed by atoms with E-state index >= 15 is 0 Å². The van der Waals surface area contributed by atoms with Gasteiger partial charge in [0.1, 0.15) is 0 Å². The minimum atomic E-state index is -1.03. The van der Waals surface area contributed by atoms with Gasteiger partial charge in [-0.05, 0) is 26.0 Å². The van der Waals surface area contributed by atoms with Crippen LogP contribution in [0.4, 0.5) is 0 Å². The van der Waals surface area contributed by atoms with Crippen LogP contribution >= 0.6 is 11.8 Å². The molecule has 0 heterocycles. The van der Waals surface area contributed by atoms with Gasteiger partial charge in [-0.15, -0.1) is 0 Å². The molecule has 4 N–H and O–H groups in total. The number of nitrogens with two attached hydrogens (primary N) is 1.